The van der Waals surface area contributed by atoms with Crippen LogP contribution in [0.5, 0.6) is 0 Å². The van der Waals surface area contributed by atoms with Crippen LogP contribution in [-0.4, -0.2) is 10.9 Å². The smallest absolute Gasteiger partial charge is 0.291 e. The molecule has 0 unspecified atom stereocenters. The highest BCUT2D eigenvalue weighted by molar-refractivity contribution is 9.10. The number of halogens is 1. The van der Waals surface area contributed by atoms with E-state index >= 15 is 0 Å². The maximum absolute atomic E-state index is 11.9. The number of fused-ring (bicyclic) bond motifs is 1. The minimum Gasteiger partial charge on any atom is -0.459 e. The lowest BCUT2D eigenvalue weighted by Crippen LogP contribution is -2.10. The molecule has 0 saturated heterocycles. The Bertz CT molecular complexity index is 769. The van der Waals surface area contributed by atoms with Crippen molar-refractivity contribution in [2.24, 2.45) is 5.84 Å². The maximum atomic E-state index is 11.9. The number of nitrogen functional groups attached to an aromatic ring is 1. The van der Waals surface area contributed by atoms with Gasteiger partial charge >= 0.3 is 0 Å². The van der Waals surface area contributed by atoms with Gasteiger partial charge in [0, 0.05) is 10.2 Å². The molecule has 2 heterocycles. The molecule has 20 heavy (non-hydrogen) atoms. The molecule has 0 aliphatic rings. The summed E-state index contributed by atoms with van der Waals surface area (Å²) in [5, 5.41) is 3.38. The van der Waals surface area contributed by atoms with Gasteiger partial charge in [0.15, 0.2) is 10.9 Å². The second-order valence-corrected chi connectivity index (χ2v) is 5.78. The van der Waals surface area contributed by atoms with Gasteiger partial charge in [-0.3, -0.25) is 10.2 Å². The lowest BCUT2D eigenvalue weighted by atomic mass is 10.3. The number of nitrogens with two attached hydrogens (primary N) is 1. The molecule has 0 aliphatic heterocycles. The standard InChI is InChI=1S/C12H9BrN4O2S/c13-7-4-6(15-11(18)8-2-1-3-19-8)5-9-10(7)16-12(17-14)20-9/h1-5H,14H2,(H,15,18)(H,16,17). The molecule has 6 nitrogen and oxygen atoms in total. The van der Waals surface area contributed by atoms with E-state index in [9.17, 15) is 4.79 Å². The first-order chi connectivity index (χ1) is 9.67. The highest BCUT2D eigenvalue weighted by Gasteiger charge is 2.12. The van der Waals surface area contributed by atoms with Gasteiger partial charge < -0.3 is 9.73 Å². The number of nitrogens with one attached hydrogen (secondary N) is 2. The number of anilines is 2. The summed E-state index contributed by atoms with van der Waals surface area (Å²) in [5.41, 5.74) is 3.95. The van der Waals surface area contributed by atoms with Gasteiger partial charge in [-0.25, -0.2) is 10.8 Å². The van der Waals surface area contributed by atoms with Gasteiger partial charge in [0.2, 0.25) is 0 Å². The molecule has 2 aromatic heterocycles. The summed E-state index contributed by atoms with van der Waals surface area (Å²) < 4.78 is 6.73. The number of rotatable bonds is 3. The molecule has 3 aromatic rings. The highest BCUT2D eigenvalue weighted by atomic mass is 79.9. The maximum Gasteiger partial charge on any atom is 0.291 e. The molecule has 0 aliphatic carbocycles. The second-order valence-electron chi connectivity index (χ2n) is 3.90. The molecule has 0 spiro atoms. The van der Waals surface area contributed by atoms with E-state index in [2.05, 4.69) is 31.7 Å². The molecule has 0 saturated carbocycles. The summed E-state index contributed by atoms with van der Waals surface area (Å²) >= 11 is 4.83. The normalized spacial score (nSPS) is 10.7. The Hall–Kier alpha value is -1.90. The molecule has 0 atom stereocenters. The predicted octanol–water partition coefficient (Wildman–Crippen LogP) is 3.19. The molecule has 1 amide bonds. The Morgan fingerprint density at radius 3 is 3.00 bits per heavy atom. The third kappa shape index (κ3) is 2.40. The number of nitrogens with zero attached hydrogens (tertiary/aromatic N) is 1. The number of hydrazine groups is 1. The van der Waals surface area contributed by atoms with Crippen LogP contribution >= 0.6 is 27.3 Å². The number of amides is 1. The Kier molecular flexibility index (Phi) is 3.43. The van der Waals surface area contributed by atoms with Crippen molar-refractivity contribution in [1.82, 2.24) is 4.98 Å². The number of benzene rings is 1. The Morgan fingerprint density at radius 2 is 2.30 bits per heavy atom. The van der Waals surface area contributed by atoms with Crippen LogP contribution in [-0.2, 0) is 0 Å². The number of aromatic nitrogens is 1. The third-order valence-corrected chi connectivity index (χ3v) is 4.11. The van der Waals surface area contributed by atoms with E-state index in [0.717, 1.165) is 14.7 Å². The topological polar surface area (TPSA) is 93.2 Å². The minimum atomic E-state index is -0.303. The predicted molar refractivity (Wildman–Crippen MR) is 81.8 cm³/mol. The quantitative estimate of drug-likeness (QED) is 0.497. The van der Waals surface area contributed by atoms with Gasteiger partial charge in [0.05, 0.1) is 16.5 Å². The minimum absolute atomic E-state index is 0.259. The SMILES string of the molecule is NNc1nc2c(Br)cc(NC(=O)c3ccco3)cc2s1. The molecular formula is C12H9BrN4O2S. The molecule has 0 bridgehead atoms. The van der Waals surface area contributed by atoms with Crippen molar-refractivity contribution in [2.45, 2.75) is 0 Å². The third-order valence-electron chi connectivity index (χ3n) is 2.57. The van der Waals surface area contributed by atoms with Crippen LogP contribution in [0.1, 0.15) is 10.6 Å². The first-order valence-corrected chi connectivity index (χ1v) is 7.20. The molecule has 0 radical (unpaired) electrons. The largest absolute Gasteiger partial charge is 0.459 e. The van der Waals surface area contributed by atoms with Crippen molar-refractivity contribution in [2.75, 3.05) is 10.7 Å². The summed E-state index contributed by atoms with van der Waals surface area (Å²) in [6, 6.07) is 6.88. The molecule has 8 heteroatoms. The van der Waals surface area contributed by atoms with Crippen LogP contribution in [0.2, 0.25) is 0 Å². The van der Waals surface area contributed by atoms with E-state index in [1.54, 1.807) is 18.2 Å². The van der Waals surface area contributed by atoms with Crippen LogP contribution in [0.3, 0.4) is 0 Å². The lowest BCUT2D eigenvalue weighted by Gasteiger charge is -2.04. The van der Waals surface area contributed by atoms with Gasteiger partial charge in [0.1, 0.15) is 0 Å². The summed E-state index contributed by atoms with van der Waals surface area (Å²) in [5.74, 6) is 5.30. The zero-order valence-corrected chi connectivity index (χ0v) is 12.4. The van der Waals surface area contributed by atoms with Gasteiger partial charge in [-0.05, 0) is 40.2 Å². The lowest BCUT2D eigenvalue weighted by molar-refractivity contribution is 0.0996. The van der Waals surface area contributed by atoms with Crippen LogP contribution in [0.4, 0.5) is 10.8 Å². The zero-order valence-electron chi connectivity index (χ0n) is 10.0. The average molecular weight is 353 g/mol. The number of carbonyl (C=O) groups is 1. The van der Waals surface area contributed by atoms with Crippen LogP contribution < -0.4 is 16.6 Å². The molecule has 102 valence electrons. The Balaban J connectivity index is 1.94. The number of hydrogen-bond donors (Lipinski definition) is 3. The summed E-state index contributed by atoms with van der Waals surface area (Å²) in [4.78, 5) is 16.2. The zero-order chi connectivity index (χ0) is 14.1. The van der Waals surface area contributed by atoms with Gasteiger partial charge in [-0.15, -0.1) is 0 Å². The summed E-state index contributed by atoms with van der Waals surface area (Å²) in [6.07, 6.45) is 1.45. The fourth-order valence-electron chi connectivity index (χ4n) is 1.72. The van der Waals surface area contributed by atoms with E-state index < -0.39 is 0 Å². The van der Waals surface area contributed by atoms with E-state index in [4.69, 9.17) is 10.3 Å². The van der Waals surface area contributed by atoms with Gasteiger partial charge in [0.25, 0.3) is 5.91 Å². The van der Waals surface area contributed by atoms with Crippen LogP contribution in [0, 0.1) is 0 Å². The molecule has 3 rings (SSSR count). The Morgan fingerprint density at radius 1 is 1.45 bits per heavy atom. The molecular weight excluding hydrogens is 344 g/mol. The van der Waals surface area contributed by atoms with E-state index in [1.165, 1.54) is 17.6 Å². The van der Waals surface area contributed by atoms with Crippen LogP contribution in [0.25, 0.3) is 10.2 Å². The number of furan rings is 1. The fourth-order valence-corrected chi connectivity index (χ4v) is 3.25. The van der Waals surface area contributed by atoms with Crippen molar-refractivity contribution in [1.29, 1.82) is 0 Å². The van der Waals surface area contributed by atoms with Crippen molar-refractivity contribution >= 4 is 54.2 Å². The number of thiazole rings is 1. The monoisotopic (exact) mass is 352 g/mol. The molecule has 1 aromatic carbocycles. The first kappa shape index (κ1) is 13.1. The van der Waals surface area contributed by atoms with Crippen molar-refractivity contribution in [3.8, 4) is 0 Å². The summed E-state index contributed by atoms with van der Waals surface area (Å²) in [7, 11) is 0. The van der Waals surface area contributed by atoms with Crippen LogP contribution in [0.15, 0.2) is 39.4 Å². The van der Waals surface area contributed by atoms with Crippen molar-refractivity contribution in [3.63, 3.8) is 0 Å². The van der Waals surface area contributed by atoms with Crippen molar-refractivity contribution in [3.05, 3.63) is 40.8 Å². The molecule has 0 fully saturated rings. The van der Waals surface area contributed by atoms with Gasteiger partial charge in [-0.2, -0.15) is 0 Å². The second kappa shape index (κ2) is 5.23. The summed E-state index contributed by atoms with van der Waals surface area (Å²) in [6.45, 7) is 0. The molecule has 4 N–H and O–H groups in total. The van der Waals surface area contributed by atoms with E-state index in [-0.39, 0.29) is 11.7 Å². The van der Waals surface area contributed by atoms with Crippen molar-refractivity contribution < 1.29 is 9.21 Å². The van der Waals surface area contributed by atoms with Gasteiger partial charge in [-0.1, -0.05) is 11.3 Å². The number of hydrogen-bond acceptors (Lipinski definition) is 6. The van der Waals surface area contributed by atoms with E-state index in [0.29, 0.717) is 10.8 Å². The average Bonchev–Trinajstić information content (AvgIpc) is 3.07. The Labute approximate surface area is 126 Å². The number of carbonyl (C=O) groups excluding carboxylic acids is 1. The first-order valence-electron chi connectivity index (χ1n) is 5.59. The van der Waals surface area contributed by atoms with E-state index in [1.807, 2.05) is 6.07 Å². The highest BCUT2D eigenvalue weighted by Crippen LogP contribution is 2.33. The fraction of sp³-hybridized carbons (Fsp3) is 0.